The van der Waals surface area contributed by atoms with Gasteiger partial charge in [0.25, 0.3) is 26.2 Å². The largest absolute Gasteiger partial charge is 0.352 e. The molecule has 9 nitrogen and oxygen atoms in total. The standard InChI is InChI=1S/C21H23N5O4S2/c1-13(2)12-22-19(28)16-9-4-5-10-17(16)26-32(29,30)21-25-24-20(31-21)23-18(27)15-8-6-7-14(3)11-15/h4-11,13,26H,12H2,1-3H3,(H,22,28)(H,23,24,27). The van der Waals surface area contributed by atoms with Gasteiger partial charge in [0, 0.05) is 12.1 Å². The van der Waals surface area contributed by atoms with Crippen LogP contribution in [0, 0.1) is 12.8 Å². The van der Waals surface area contributed by atoms with Crippen LogP contribution in [0.3, 0.4) is 0 Å². The van der Waals surface area contributed by atoms with Crippen LogP contribution in [0.15, 0.2) is 52.9 Å². The summed E-state index contributed by atoms with van der Waals surface area (Å²) in [5, 5.41) is 12.8. The van der Waals surface area contributed by atoms with E-state index in [-0.39, 0.29) is 32.5 Å². The molecule has 0 saturated heterocycles. The zero-order valence-corrected chi connectivity index (χ0v) is 19.4. The number of rotatable bonds is 8. The molecular formula is C21H23N5O4S2. The molecule has 168 valence electrons. The Kier molecular flexibility index (Phi) is 7.21. The molecule has 0 bridgehead atoms. The van der Waals surface area contributed by atoms with Crippen LogP contribution in [-0.4, -0.2) is 37.0 Å². The summed E-state index contributed by atoms with van der Waals surface area (Å²) in [5.41, 5.74) is 1.64. The van der Waals surface area contributed by atoms with Gasteiger partial charge in [-0.25, -0.2) is 0 Å². The summed E-state index contributed by atoms with van der Waals surface area (Å²) in [6, 6.07) is 13.2. The lowest BCUT2D eigenvalue weighted by Gasteiger charge is -2.12. The molecule has 3 aromatic rings. The Balaban J connectivity index is 1.75. The summed E-state index contributed by atoms with van der Waals surface area (Å²) in [6.07, 6.45) is 0. The molecule has 32 heavy (non-hydrogen) atoms. The van der Waals surface area contributed by atoms with Crippen molar-refractivity contribution in [1.82, 2.24) is 15.5 Å². The fourth-order valence-electron chi connectivity index (χ4n) is 2.68. The number of anilines is 2. The molecule has 0 aliphatic carbocycles. The topological polar surface area (TPSA) is 130 Å². The number of carbonyl (C=O) groups is 2. The molecule has 1 heterocycles. The monoisotopic (exact) mass is 473 g/mol. The first-order valence-corrected chi connectivity index (χ1v) is 12.1. The van der Waals surface area contributed by atoms with Gasteiger partial charge < -0.3 is 5.32 Å². The molecule has 2 amide bonds. The third-order valence-corrected chi connectivity index (χ3v) is 6.80. The Hall–Kier alpha value is -3.31. The molecule has 0 unspecified atom stereocenters. The Morgan fingerprint density at radius 1 is 1.03 bits per heavy atom. The van der Waals surface area contributed by atoms with Gasteiger partial charge in [-0.05, 0) is 37.1 Å². The summed E-state index contributed by atoms with van der Waals surface area (Å²) in [4.78, 5) is 24.8. The smallest absolute Gasteiger partial charge is 0.291 e. The number of hydrogen-bond acceptors (Lipinski definition) is 7. The van der Waals surface area contributed by atoms with Crippen molar-refractivity contribution in [2.45, 2.75) is 25.1 Å². The number of aromatic nitrogens is 2. The lowest BCUT2D eigenvalue weighted by Crippen LogP contribution is -2.28. The van der Waals surface area contributed by atoms with Crippen LogP contribution >= 0.6 is 11.3 Å². The quantitative estimate of drug-likeness (QED) is 0.431. The first-order chi connectivity index (χ1) is 15.2. The van der Waals surface area contributed by atoms with Gasteiger partial charge >= 0.3 is 0 Å². The van der Waals surface area contributed by atoms with Crippen LogP contribution in [0.4, 0.5) is 10.8 Å². The second-order valence-electron chi connectivity index (χ2n) is 7.45. The van der Waals surface area contributed by atoms with E-state index in [0.717, 1.165) is 5.56 Å². The van der Waals surface area contributed by atoms with E-state index in [2.05, 4.69) is 25.6 Å². The van der Waals surface area contributed by atoms with Crippen molar-refractivity contribution in [2.24, 2.45) is 5.92 Å². The first-order valence-electron chi connectivity index (χ1n) is 9.77. The van der Waals surface area contributed by atoms with Crippen molar-refractivity contribution in [3.63, 3.8) is 0 Å². The zero-order valence-electron chi connectivity index (χ0n) is 17.7. The zero-order chi connectivity index (χ0) is 23.3. The number of aryl methyl sites for hydroxylation is 1. The molecule has 0 atom stereocenters. The molecule has 2 aromatic carbocycles. The van der Waals surface area contributed by atoms with Gasteiger partial charge in [0.05, 0.1) is 11.3 Å². The number of benzene rings is 2. The van der Waals surface area contributed by atoms with Crippen LogP contribution in [0.1, 0.15) is 40.1 Å². The molecule has 0 radical (unpaired) electrons. The second-order valence-corrected chi connectivity index (χ2v) is 10.3. The predicted octanol–water partition coefficient (Wildman–Crippen LogP) is 3.29. The molecule has 11 heteroatoms. The maximum atomic E-state index is 12.8. The molecule has 0 aliphatic rings. The van der Waals surface area contributed by atoms with Gasteiger partial charge in [0.15, 0.2) is 0 Å². The van der Waals surface area contributed by atoms with Gasteiger partial charge in [-0.3, -0.25) is 19.6 Å². The van der Waals surface area contributed by atoms with E-state index in [1.54, 1.807) is 30.3 Å². The van der Waals surface area contributed by atoms with Crippen molar-refractivity contribution >= 4 is 44.0 Å². The number of hydrogen-bond donors (Lipinski definition) is 3. The maximum Gasteiger partial charge on any atom is 0.291 e. The molecule has 0 saturated carbocycles. The van der Waals surface area contributed by atoms with Crippen molar-refractivity contribution in [3.05, 3.63) is 65.2 Å². The molecule has 1 aromatic heterocycles. The predicted molar refractivity (Wildman–Crippen MR) is 123 cm³/mol. The SMILES string of the molecule is Cc1cccc(C(=O)Nc2nnc(S(=O)(=O)Nc3ccccc3C(=O)NCC(C)C)s2)c1. The molecule has 0 fully saturated rings. The fraction of sp³-hybridized carbons (Fsp3) is 0.238. The Morgan fingerprint density at radius 2 is 1.78 bits per heavy atom. The second kappa shape index (κ2) is 9.88. The summed E-state index contributed by atoms with van der Waals surface area (Å²) in [5.74, 6) is -0.563. The molecule has 3 rings (SSSR count). The highest BCUT2D eigenvalue weighted by atomic mass is 32.2. The van der Waals surface area contributed by atoms with Crippen LogP contribution in [0.2, 0.25) is 0 Å². The van der Waals surface area contributed by atoms with Crippen LogP contribution < -0.4 is 15.4 Å². The van der Waals surface area contributed by atoms with Gasteiger partial charge in [-0.1, -0.05) is 55.0 Å². The number of para-hydroxylation sites is 1. The van der Waals surface area contributed by atoms with E-state index in [0.29, 0.717) is 23.4 Å². The summed E-state index contributed by atoms with van der Waals surface area (Å²) in [7, 11) is -4.12. The van der Waals surface area contributed by atoms with Gasteiger partial charge in [0.2, 0.25) is 5.13 Å². The summed E-state index contributed by atoms with van der Waals surface area (Å²) in [6.45, 7) is 6.23. The first kappa shape index (κ1) is 23.4. The van der Waals surface area contributed by atoms with Gasteiger partial charge in [0.1, 0.15) is 0 Å². The average molecular weight is 474 g/mol. The van der Waals surface area contributed by atoms with E-state index in [4.69, 9.17) is 0 Å². The lowest BCUT2D eigenvalue weighted by molar-refractivity contribution is 0.0949. The molecular weight excluding hydrogens is 450 g/mol. The fourth-order valence-corrected chi connectivity index (χ4v) is 4.65. The lowest BCUT2D eigenvalue weighted by atomic mass is 10.1. The molecule has 0 spiro atoms. The van der Waals surface area contributed by atoms with Crippen LogP contribution in [0.25, 0.3) is 0 Å². The Morgan fingerprint density at radius 3 is 2.50 bits per heavy atom. The highest BCUT2D eigenvalue weighted by Crippen LogP contribution is 2.25. The van der Waals surface area contributed by atoms with E-state index >= 15 is 0 Å². The number of amides is 2. The highest BCUT2D eigenvalue weighted by Gasteiger charge is 2.23. The van der Waals surface area contributed by atoms with Crippen LogP contribution in [-0.2, 0) is 10.0 Å². The van der Waals surface area contributed by atoms with Gasteiger partial charge in [-0.15, -0.1) is 10.2 Å². The maximum absolute atomic E-state index is 12.8. The van der Waals surface area contributed by atoms with Crippen molar-refractivity contribution < 1.29 is 18.0 Å². The number of nitrogens with zero attached hydrogens (tertiary/aromatic N) is 2. The van der Waals surface area contributed by atoms with Crippen molar-refractivity contribution in [3.8, 4) is 0 Å². The minimum atomic E-state index is -4.12. The number of sulfonamides is 1. The number of carbonyl (C=O) groups excluding carboxylic acids is 2. The molecule has 0 aliphatic heterocycles. The summed E-state index contributed by atoms with van der Waals surface area (Å²) >= 11 is 0.710. The van der Waals surface area contributed by atoms with E-state index < -0.39 is 15.9 Å². The van der Waals surface area contributed by atoms with Crippen molar-refractivity contribution in [1.29, 1.82) is 0 Å². The average Bonchev–Trinajstić information content (AvgIpc) is 3.21. The third kappa shape index (κ3) is 5.89. The van der Waals surface area contributed by atoms with Crippen molar-refractivity contribution in [2.75, 3.05) is 16.6 Å². The Bertz CT molecular complexity index is 1240. The minimum absolute atomic E-state index is 0.0415. The molecule has 3 N–H and O–H groups in total. The minimum Gasteiger partial charge on any atom is -0.352 e. The highest BCUT2D eigenvalue weighted by molar-refractivity contribution is 7.94. The summed E-state index contributed by atoms with van der Waals surface area (Å²) < 4.78 is 27.7. The van der Waals surface area contributed by atoms with E-state index in [1.807, 2.05) is 26.8 Å². The van der Waals surface area contributed by atoms with E-state index in [1.165, 1.54) is 12.1 Å². The third-order valence-electron chi connectivity index (χ3n) is 4.22. The van der Waals surface area contributed by atoms with E-state index in [9.17, 15) is 18.0 Å². The van der Waals surface area contributed by atoms with Gasteiger partial charge in [-0.2, -0.15) is 8.42 Å². The normalized spacial score (nSPS) is 11.2. The van der Waals surface area contributed by atoms with Crippen LogP contribution in [0.5, 0.6) is 0 Å². The Labute approximate surface area is 190 Å². The number of nitrogens with one attached hydrogen (secondary N) is 3.